The van der Waals surface area contributed by atoms with E-state index in [-0.39, 0.29) is 30.9 Å². The summed E-state index contributed by atoms with van der Waals surface area (Å²) in [5, 5.41) is 12.4. The van der Waals surface area contributed by atoms with Gasteiger partial charge in [0, 0.05) is 19.0 Å². The van der Waals surface area contributed by atoms with Crippen LogP contribution in [0.25, 0.3) is 11.1 Å². The maximum atomic E-state index is 13.3. The molecule has 1 saturated heterocycles. The first kappa shape index (κ1) is 25.1. The van der Waals surface area contributed by atoms with Gasteiger partial charge in [-0.3, -0.25) is 9.59 Å². The lowest BCUT2D eigenvalue weighted by Gasteiger charge is -2.26. The summed E-state index contributed by atoms with van der Waals surface area (Å²) < 4.78 is 5.64. The first-order chi connectivity index (χ1) is 16.8. The standard InChI is InChI=1S/C27H32N2O5S/c1-17-14-29(16-27(17,2)25(31)32)24(30)23(12-13-35-3)28-26(33)34-15-22-20-10-6-4-8-18(20)19-9-5-7-11-21(19)22/h4-11,17,22-23H,12-16H2,1-3H3,(H,28,33)(H,31,32)/t17-,23+,27-/m1/s1. The van der Waals surface area contributed by atoms with E-state index in [1.165, 1.54) is 0 Å². The SMILES string of the molecule is CSCC[C@H](NC(=O)OCC1c2ccccc2-c2ccccc21)C(=O)N1C[C@@H](C)[C@](C)(C(=O)O)C1. The molecule has 186 valence electrons. The average Bonchev–Trinajstić information content (AvgIpc) is 3.34. The molecule has 1 aliphatic carbocycles. The van der Waals surface area contributed by atoms with E-state index in [0.29, 0.717) is 18.7 Å². The molecule has 7 nitrogen and oxygen atoms in total. The Hall–Kier alpha value is -3.00. The van der Waals surface area contributed by atoms with Crippen LogP contribution >= 0.6 is 11.8 Å². The van der Waals surface area contributed by atoms with E-state index in [2.05, 4.69) is 29.6 Å². The smallest absolute Gasteiger partial charge is 0.407 e. The number of nitrogens with one attached hydrogen (secondary N) is 1. The van der Waals surface area contributed by atoms with Crippen LogP contribution in [-0.2, 0) is 14.3 Å². The number of nitrogens with zero attached hydrogens (tertiary/aromatic N) is 1. The summed E-state index contributed by atoms with van der Waals surface area (Å²) in [7, 11) is 0. The highest BCUT2D eigenvalue weighted by Crippen LogP contribution is 2.44. The van der Waals surface area contributed by atoms with E-state index in [1.54, 1.807) is 23.6 Å². The Bertz CT molecular complexity index is 1080. The molecular weight excluding hydrogens is 464 g/mol. The molecule has 2 N–H and O–H groups in total. The van der Waals surface area contributed by atoms with Gasteiger partial charge in [0.05, 0.1) is 5.41 Å². The van der Waals surface area contributed by atoms with Crippen LogP contribution in [0.5, 0.6) is 0 Å². The number of carbonyl (C=O) groups excluding carboxylic acids is 2. The van der Waals surface area contributed by atoms with Gasteiger partial charge >= 0.3 is 12.1 Å². The number of hydrogen-bond acceptors (Lipinski definition) is 5. The third-order valence-electron chi connectivity index (χ3n) is 7.45. The van der Waals surface area contributed by atoms with Crippen molar-refractivity contribution in [1.29, 1.82) is 0 Å². The van der Waals surface area contributed by atoms with Crippen LogP contribution in [0.2, 0.25) is 0 Å². The quantitative estimate of drug-likeness (QED) is 0.568. The second-order valence-corrected chi connectivity index (χ2v) is 10.6. The Kier molecular flexibility index (Phi) is 7.40. The number of ether oxygens (including phenoxy) is 1. The number of fused-ring (bicyclic) bond motifs is 3. The fraction of sp³-hybridized carbons (Fsp3) is 0.444. The molecule has 1 fully saturated rings. The monoisotopic (exact) mass is 496 g/mol. The Morgan fingerprint density at radius 1 is 1.14 bits per heavy atom. The maximum absolute atomic E-state index is 13.3. The number of rotatable bonds is 8. The lowest BCUT2D eigenvalue weighted by Crippen LogP contribution is -2.49. The van der Waals surface area contributed by atoms with Crippen LogP contribution in [0.15, 0.2) is 48.5 Å². The molecular formula is C27H32N2O5S. The van der Waals surface area contributed by atoms with Crippen molar-refractivity contribution in [2.75, 3.05) is 31.7 Å². The average molecular weight is 497 g/mol. The fourth-order valence-electron chi connectivity index (χ4n) is 5.09. The minimum absolute atomic E-state index is 0.0656. The van der Waals surface area contributed by atoms with Crippen molar-refractivity contribution < 1.29 is 24.2 Å². The number of carbonyl (C=O) groups is 3. The van der Waals surface area contributed by atoms with E-state index in [4.69, 9.17) is 4.74 Å². The summed E-state index contributed by atoms with van der Waals surface area (Å²) in [6.07, 6.45) is 1.74. The first-order valence-electron chi connectivity index (χ1n) is 11.9. The van der Waals surface area contributed by atoms with Crippen molar-refractivity contribution >= 4 is 29.7 Å². The first-order valence-corrected chi connectivity index (χ1v) is 13.3. The van der Waals surface area contributed by atoms with E-state index in [1.807, 2.05) is 37.4 Å². The van der Waals surface area contributed by atoms with Crippen molar-refractivity contribution in [2.45, 2.75) is 32.2 Å². The molecule has 2 aliphatic rings. The summed E-state index contributed by atoms with van der Waals surface area (Å²) in [6.45, 7) is 4.16. The fourth-order valence-corrected chi connectivity index (χ4v) is 5.56. The number of alkyl carbamates (subject to hydrolysis) is 1. The third kappa shape index (κ3) is 4.89. The lowest BCUT2D eigenvalue weighted by molar-refractivity contribution is -0.149. The molecule has 4 rings (SSSR count). The Balaban J connectivity index is 1.43. The number of amides is 2. The van der Waals surface area contributed by atoms with Crippen LogP contribution < -0.4 is 5.32 Å². The van der Waals surface area contributed by atoms with Gasteiger partial charge in [0.25, 0.3) is 0 Å². The number of benzene rings is 2. The van der Waals surface area contributed by atoms with Gasteiger partial charge < -0.3 is 20.1 Å². The van der Waals surface area contributed by atoms with Crippen molar-refractivity contribution in [3.8, 4) is 11.1 Å². The zero-order valence-electron chi connectivity index (χ0n) is 20.3. The number of aliphatic carboxylic acids is 1. The van der Waals surface area contributed by atoms with Gasteiger partial charge in [-0.2, -0.15) is 11.8 Å². The molecule has 3 atom stereocenters. The topological polar surface area (TPSA) is 95.9 Å². The van der Waals surface area contributed by atoms with Crippen LogP contribution in [0.3, 0.4) is 0 Å². The lowest BCUT2D eigenvalue weighted by atomic mass is 9.81. The Morgan fingerprint density at radius 3 is 2.29 bits per heavy atom. The molecule has 1 aliphatic heterocycles. The summed E-state index contributed by atoms with van der Waals surface area (Å²) in [4.78, 5) is 39.4. The molecule has 0 unspecified atom stereocenters. The van der Waals surface area contributed by atoms with Crippen LogP contribution in [0.1, 0.15) is 37.3 Å². The molecule has 35 heavy (non-hydrogen) atoms. The number of carboxylic acids is 1. The summed E-state index contributed by atoms with van der Waals surface area (Å²) >= 11 is 1.58. The van der Waals surface area contributed by atoms with Crippen molar-refractivity contribution in [2.24, 2.45) is 11.3 Å². The third-order valence-corrected chi connectivity index (χ3v) is 8.09. The highest BCUT2D eigenvalue weighted by atomic mass is 32.2. The van der Waals surface area contributed by atoms with Crippen molar-refractivity contribution in [3.63, 3.8) is 0 Å². The van der Waals surface area contributed by atoms with Crippen molar-refractivity contribution in [1.82, 2.24) is 10.2 Å². The highest BCUT2D eigenvalue weighted by Gasteiger charge is 2.48. The zero-order chi connectivity index (χ0) is 25.2. The van der Waals surface area contributed by atoms with E-state index < -0.39 is 23.5 Å². The second-order valence-electron chi connectivity index (χ2n) is 9.65. The van der Waals surface area contributed by atoms with Gasteiger partial charge in [-0.15, -0.1) is 0 Å². The molecule has 2 aromatic carbocycles. The predicted octanol–water partition coefficient (Wildman–Crippen LogP) is 4.22. The molecule has 0 radical (unpaired) electrons. The van der Waals surface area contributed by atoms with Gasteiger partial charge in [0.1, 0.15) is 12.6 Å². The largest absolute Gasteiger partial charge is 0.481 e. The molecule has 1 heterocycles. The number of hydrogen-bond donors (Lipinski definition) is 2. The van der Waals surface area contributed by atoms with Crippen LogP contribution in [-0.4, -0.2) is 65.7 Å². The summed E-state index contributed by atoms with van der Waals surface area (Å²) in [6, 6.07) is 15.5. The van der Waals surface area contributed by atoms with Gasteiger partial charge in [-0.05, 0) is 53.5 Å². The van der Waals surface area contributed by atoms with Gasteiger partial charge in [0.15, 0.2) is 0 Å². The van der Waals surface area contributed by atoms with Crippen molar-refractivity contribution in [3.05, 3.63) is 59.7 Å². The van der Waals surface area contributed by atoms with Gasteiger partial charge in [-0.1, -0.05) is 55.5 Å². The summed E-state index contributed by atoms with van der Waals surface area (Å²) in [5.41, 5.74) is 3.54. The Labute approximate surface area is 210 Å². The number of carboxylic acid groups (broad SMARTS) is 1. The van der Waals surface area contributed by atoms with E-state index in [0.717, 1.165) is 22.3 Å². The Morgan fingerprint density at radius 2 is 1.74 bits per heavy atom. The zero-order valence-corrected chi connectivity index (χ0v) is 21.1. The molecule has 0 saturated carbocycles. The van der Waals surface area contributed by atoms with Crippen LogP contribution in [0, 0.1) is 11.3 Å². The molecule has 0 aromatic heterocycles. The molecule has 2 aromatic rings. The van der Waals surface area contributed by atoms with E-state index >= 15 is 0 Å². The molecule has 0 bridgehead atoms. The second kappa shape index (κ2) is 10.3. The van der Waals surface area contributed by atoms with Gasteiger partial charge in [0.2, 0.25) is 5.91 Å². The predicted molar refractivity (Wildman–Crippen MR) is 136 cm³/mol. The van der Waals surface area contributed by atoms with Gasteiger partial charge in [-0.25, -0.2) is 4.79 Å². The number of thioether (sulfide) groups is 1. The normalized spacial score (nSPS) is 21.8. The maximum Gasteiger partial charge on any atom is 0.407 e. The molecule has 2 amide bonds. The van der Waals surface area contributed by atoms with E-state index in [9.17, 15) is 19.5 Å². The minimum atomic E-state index is -0.997. The summed E-state index contributed by atoms with van der Waals surface area (Å²) in [5.74, 6) is -0.738. The van der Waals surface area contributed by atoms with Crippen LogP contribution in [0.4, 0.5) is 4.79 Å². The molecule has 8 heteroatoms. The highest BCUT2D eigenvalue weighted by molar-refractivity contribution is 7.98. The molecule has 0 spiro atoms. The number of likely N-dealkylation sites (tertiary alicyclic amines) is 1. The minimum Gasteiger partial charge on any atom is -0.481 e.